The fourth-order valence-electron chi connectivity index (χ4n) is 2.86. The first-order valence-electron chi connectivity index (χ1n) is 8.97. The van der Waals surface area contributed by atoms with E-state index in [2.05, 4.69) is 15.3 Å². The van der Waals surface area contributed by atoms with E-state index in [0.717, 1.165) is 32.7 Å². The maximum Gasteiger partial charge on any atom is 0.216 e. The Labute approximate surface area is 178 Å². The number of fused-ring (bicyclic) bond motifs is 1. The highest BCUT2D eigenvalue weighted by molar-refractivity contribution is 8.04. The number of allylic oxidation sites excluding steroid dienone is 1. The number of thioether (sulfide) groups is 1. The number of aryl methyl sites for hydroxylation is 1. The summed E-state index contributed by atoms with van der Waals surface area (Å²) in [4.78, 5) is 0.981. The normalized spacial score (nSPS) is 14.5. The third kappa shape index (κ3) is 4.16. The predicted octanol–water partition coefficient (Wildman–Crippen LogP) is 5.20. The van der Waals surface area contributed by atoms with Crippen LogP contribution in [0.25, 0.3) is 6.08 Å². The summed E-state index contributed by atoms with van der Waals surface area (Å²) in [6, 6.07) is 13.4. The van der Waals surface area contributed by atoms with Gasteiger partial charge in [-0.05, 0) is 55.4 Å². The molecule has 0 radical (unpaired) electrons. The summed E-state index contributed by atoms with van der Waals surface area (Å²) in [6.07, 6.45) is 2.04. The number of hydrogen-bond acceptors (Lipinski definition) is 6. The molecule has 1 aromatic heterocycles. The van der Waals surface area contributed by atoms with E-state index in [-0.39, 0.29) is 0 Å². The van der Waals surface area contributed by atoms with Gasteiger partial charge in [-0.15, -0.1) is 10.2 Å². The predicted molar refractivity (Wildman–Crippen MR) is 116 cm³/mol. The molecule has 0 fully saturated rings. The molecule has 29 heavy (non-hydrogen) atoms. The summed E-state index contributed by atoms with van der Waals surface area (Å²) in [7, 11) is 1.63. The van der Waals surface area contributed by atoms with E-state index in [4.69, 9.17) is 21.1 Å². The van der Waals surface area contributed by atoms with Crippen LogP contribution in [0, 0.1) is 6.92 Å². The second-order valence-electron chi connectivity index (χ2n) is 6.43. The van der Waals surface area contributed by atoms with E-state index < -0.39 is 0 Å². The summed E-state index contributed by atoms with van der Waals surface area (Å²) < 4.78 is 13.4. The molecule has 0 aliphatic carbocycles. The lowest BCUT2D eigenvalue weighted by Crippen LogP contribution is -2.08. The highest BCUT2D eigenvalue weighted by atomic mass is 35.5. The smallest absolute Gasteiger partial charge is 0.216 e. The summed E-state index contributed by atoms with van der Waals surface area (Å²) in [6.45, 7) is 4.25. The lowest BCUT2D eigenvalue weighted by molar-refractivity contribution is 0.284. The summed E-state index contributed by atoms with van der Waals surface area (Å²) in [5.74, 6) is 2.11. The molecule has 3 aromatic rings. The molecular weight excluding hydrogens is 408 g/mol. The van der Waals surface area contributed by atoms with Crippen molar-refractivity contribution in [1.82, 2.24) is 14.9 Å². The molecule has 1 aliphatic rings. The molecule has 0 saturated heterocycles. The van der Waals surface area contributed by atoms with Gasteiger partial charge in [0, 0.05) is 15.5 Å². The van der Waals surface area contributed by atoms with Gasteiger partial charge >= 0.3 is 0 Å². The monoisotopic (exact) mass is 426 g/mol. The average Bonchev–Trinajstić information content (AvgIpc) is 3.08. The molecule has 2 aromatic carbocycles. The van der Waals surface area contributed by atoms with Gasteiger partial charge in [-0.3, -0.25) is 0 Å². The van der Waals surface area contributed by atoms with Gasteiger partial charge in [-0.1, -0.05) is 35.9 Å². The van der Waals surface area contributed by atoms with Crippen LogP contribution in [0.15, 0.2) is 57.6 Å². The second-order valence-corrected chi connectivity index (χ2v) is 7.88. The zero-order chi connectivity index (χ0) is 20.4. The SMILES string of the molecule is COc1cccc(/C=C2\Sc3nnc(C)n3N=C2C)c1OCc1ccc(Cl)cc1. The van der Waals surface area contributed by atoms with Crippen molar-refractivity contribution >= 4 is 35.2 Å². The number of nitrogens with zero attached hydrogens (tertiary/aromatic N) is 4. The van der Waals surface area contributed by atoms with Crippen molar-refractivity contribution in [2.24, 2.45) is 5.10 Å². The minimum absolute atomic E-state index is 0.404. The molecule has 8 heteroatoms. The van der Waals surface area contributed by atoms with Gasteiger partial charge in [0.1, 0.15) is 6.61 Å². The minimum Gasteiger partial charge on any atom is -0.493 e. The Hall–Kier alpha value is -2.77. The number of ether oxygens (including phenoxy) is 2. The van der Waals surface area contributed by atoms with E-state index in [1.54, 1.807) is 11.8 Å². The van der Waals surface area contributed by atoms with Crippen molar-refractivity contribution in [3.05, 3.63) is 69.3 Å². The Morgan fingerprint density at radius 1 is 1.10 bits per heavy atom. The van der Waals surface area contributed by atoms with Crippen molar-refractivity contribution in [3.8, 4) is 11.5 Å². The number of para-hydroxylation sites is 1. The zero-order valence-electron chi connectivity index (χ0n) is 16.2. The van der Waals surface area contributed by atoms with E-state index in [0.29, 0.717) is 23.1 Å². The van der Waals surface area contributed by atoms with Crippen LogP contribution >= 0.6 is 23.4 Å². The Balaban J connectivity index is 1.65. The zero-order valence-corrected chi connectivity index (χ0v) is 17.8. The highest BCUT2D eigenvalue weighted by Crippen LogP contribution is 2.37. The van der Waals surface area contributed by atoms with Gasteiger partial charge in [0.15, 0.2) is 17.3 Å². The highest BCUT2D eigenvalue weighted by Gasteiger charge is 2.20. The van der Waals surface area contributed by atoms with Crippen molar-refractivity contribution in [1.29, 1.82) is 0 Å². The molecule has 0 bridgehead atoms. The maximum atomic E-state index is 6.14. The second kappa shape index (κ2) is 8.31. The molecule has 0 saturated carbocycles. The molecular formula is C21H19ClN4O2S. The molecule has 2 heterocycles. The fraction of sp³-hybridized carbons (Fsp3) is 0.190. The Morgan fingerprint density at radius 2 is 1.90 bits per heavy atom. The molecule has 148 valence electrons. The maximum absolute atomic E-state index is 6.14. The molecule has 4 rings (SSSR count). The van der Waals surface area contributed by atoms with E-state index in [9.17, 15) is 0 Å². The van der Waals surface area contributed by atoms with Gasteiger partial charge in [-0.25, -0.2) is 0 Å². The molecule has 0 unspecified atom stereocenters. The van der Waals surface area contributed by atoms with Gasteiger partial charge in [0.05, 0.1) is 12.8 Å². The Kier molecular flexibility index (Phi) is 5.60. The molecule has 6 nitrogen and oxygen atoms in total. The Bertz CT molecular complexity index is 1110. The summed E-state index contributed by atoms with van der Waals surface area (Å²) in [5, 5.41) is 14.3. The first-order valence-corrected chi connectivity index (χ1v) is 10.2. The van der Waals surface area contributed by atoms with E-state index in [1.807, 2.05) is 62.4 Å². The first-order chi connectivity index (χ1) is 14.0. The molecule has 0 amide bonds. The number of hydrogen-bond donors (Lipinski definition) is 0. The Morgan fingerprint density at radius 3 is 2.66 bits per heavy atom. The van der Waals surface area contributed by atoms with Crippen molar-refractivity contribution in [2.75, 3.05) is 7.11 Å². The van der Waals surface area contributed by atoms with Gasteiger partial charge in [0.2, 0.25) is 5.16 Å². The molecule has 0 atom stereocenters. The third-order valence-corrected chi connectivity index (χ3v) is 5.71. The van der Waals surface area contributed by atoms with Crippen LogP contribution in [0.2, 0.25) is 5.02 Å². The number of aromatic nitrogens is 3. The topological polar surface area (TPSA) is 61.5 Å². The minimum atomic E-state index is 0.404. The van der Waals surface area contributed by atoms with Gasteiger partial charge in [0.25, 0.3) is 0 Å². The van der Waals surface area contributed by atoms with Crippen molar-refractivity contribution in [3.63, 3.8) is 0 Å². The van der Waals surface area contributed by atoms with Crippen LogP contribution in [0.4, 0.5) is 0 Å². The quantitative estimate of drug-likeness (QED) is 0.561. The van der Waals surface area contributed by atoms with Crippen LogP contribution < -0.4 is 9.47 Å². The van der Waals surface area contributed by atoms with Crippen molar-refractivity contribution in [2.45, 2.75) is 25.6 Å². The lowest BCUT2D eigenvalue weighted by Gasteiger charge is -2.16. The van der Waals surface area contributed by atoms with Crippen LogP contribution in [0.1, 0.15) is 23.9 Å². The van der Waals surface area contributed by atoms with Gasteiger partial charge in [-0.2, -0.15) is 9.78 Å². The number of halogens is 1. The standard InChI is InChI=1S/C21H19ClN4O2S/c1-13-19(29-21-24-23-14(2)26(21)25-13)11-16-5-4-6-18(27-3)20(16)28-12-15-7-9-17(22)10-8-15/h4-11H,12H2,1-3H3/b19-11-. The van der Waals surface area contributed by atoms with E-state index >= 15 is 0 Å². The third-order valence-electron chi connectivity index (χ3n) is 4.39. The molecule has 0 spiro atoms. The van der Waals surface area contributed by atoms with Gasteiger partial charge < -0.3 is 9.47 Å². The van der Waals surface area contributed by atoms with Crippen LogP contribution in [-0.4, -0.2) is 27.7 Å². The van der Waals surface area contributed by atoms with Crippen molar-refractivity contribution < 1.29 is 9.47 Å². The van der Waals surface area contributed by atoms with Crippen LogP contribution in [-0.2, 0) is 6.61 Å². The summed E-state index contributed by atoms with van der Waals surface area (Å²) in [5.41, 5.74) is 2.81. The summed E-state index contributed by atoms with van der Waals surface area (Å²) >= 11 is 7.50. The number of rotatable bonds is 5. The molecule has 1 aliphatic heterocycles. The first kappa shape index (κ1) is 19.5. The molecule has 0 N–H and O–H groups in total. The van der Waals surface area contributed by atoms with E-state index in [1.165, 1.54) is 11.8 Å². The largest absolute Gasteiger partial charge is 0.493 e. The fourth-order valence-corrected chi connectivity index (χ4v) is 3.90. The van der Waals surface area contributed by atoms with Crippen LogP contribution in [0.5, 0.6) is 11.5 Å². The number of benzene rings is 2. The lowest BCUT2D eigenvalue weighted by atomic mass is 10.1. The van der Waals surface area contributed by atoms with Crippen LogP contribution in [0.3, 0.4) is 0 Å². The number of methoxy groups -OCH3 is 1. The average molecular weight is 427 g/mol.